The molecule has 0 saturated heterocycles. The van der Waals surface area contributed by atoms with E-state index in [1.807, 2.05) is 67.3 Å². The van der Waals surface area contributed by atoms with Crippen LogP contribution >= 0.6 is 0 Å². The molecule has 3 nitrogen and oxygen atoms in total. The second-order valence-corrected chi connectivity index (χ2v) is 6.08. The zero-order valence-corrected chi connectivity index (χ0v) is 14.8. The molecule has 0 heterocycles. The third-order valence-electron chi connectivity index (χ3n) is 4.28. The van der Waals surface area contributed by atoms with Gasteiger partial charge in [-0.05, 0) is 44.4 Å². The summed E-state index contributed by atoms with van der Waals surface area (Å²) in [6, 6.07) is 10.2. The largest absolute Gasteiger partial charge is 0.290 e. The first-order valence-electron chi connectivity index (χ1n) is 8.99. The van der Waals surface area contributed by atoms with Gasteiger partial charge < -0.3 is 0 Å². The molecule has 2 rings (SSSR count). The van der Waals surface area contributed by atoms with E-state index in [-0.39, 0.29) is 11.9 Å². The van der Waals surface area contributed by atoms with Crippen LogP contribution in [0.2, 0.25) is 0 Å². The molecule has 0 aromatic heterocycles. The summed E-state index contributed by atoms with van der Waals surface area (Å²) in [6.45, 7) is 4.65. The molecule has 1 aliphatic carbocycles. The van der Waals surface area contributed by atoms with Crippen molar-refractivity contribution in [1.82, 2.24) is 4.90 Å². The predicted octanol–water partition coefficient (Wildman–Crippen LogP) is 4.86. The first-order chi connectivity index (χ1) is 11.8. The van der Waals surface area contributed by atoms with Crippen LogP contribution in [0.25, 0.3) is 6.08 Å². The number of carbonyl (C=O) groups excluding carboxylic acids is 1. The summed E-state index contributed by atoms with van der Waals surface area (Å²) in [5, 5.41) is 0. The zero-order valence-electron chi connectivity index (χ0n) is 14.8. The minimum atomic E-state index is 0.0241. The number of aliphatic imine (C=N–C) groups is 1. The molecule has 1 aromatic carbocycles. The van der Waals surface area contributed by atoms with Crippen molar-refractivity contribution in [3.8, 4) is 0 Å². The average Bonchev–Trinajstić information content (AvgIpc) is 2.62. The van der Waals surface area contributed by atoms with Crippen LogP contribution in [0.1, 0.15) is 51.5 Å². The van der Waals surface area contributed by atoms with Gasteiger partial charge in [0.15, 0.2) is 0 Å². The predicted molar refractivity (Wildman–Crippen MR) is 102 cm³/mol. The van der Waals surface area contributed by atoms with Gasteiger partial charge in [0, 0.05) is 18.7 Å². The lowest BCUT2D eigenvalue weighted by Crippen LogP contribution is -2.44. The van der Waals surface area contributed by atoms with Crippen molar-refractivity contribution < 1.29 is 4.79 Å². The van der Waals surface area contributed by atoms with Gasteiger partial charge in [-0.1, -0.05) is 55.7 Å². The average molecular weight is 324 g/mol. The maximum absolute atomic E-state index is 12.9. The Labute approximate surface area is 145 Å². The number of nitrogens with zero attached hydrogens (tertiary/aromatic N) is 2. The van der Waals surface area contributed by atoms with E-state index in [0.717, 1.165) is 24.2 Å². The van der Waals surface area contributed by atoms with Gasteiger partial charge in [0.25, 0.3) is 5.91 Å². The smallest absolute Gasteiger partial charge is 0.252 e. The number of rotatable bonds is 5. The molecule has 1 aromatic rings. The van der Waals surface area contributed by atoms with Gasteiger partial charge in [0.05, 0.1) is 0 Å². The van der Waals surface area contributed by atoms with Gasteiger partial charge in [-0.3, -0.25) is 14.7 Å². The van der Waals surface area contributed by atoms with Gasteiger partial charge in [-0.25, -0.2) is 0 Å². The highest BCUT2D eigenvalue weighted by Crippen LogP contribution is 2.24. The maximum Gasteiger partial charge on any atom is 0.252 e. The van der Waals surface area contributed by atoms with Crippen LogP contribution in [0.15, 0.2) is 53.6 Å². The number of allylic oxidation sites excluding steroid dienone is 1. The van der Waals surface area contributed by atoms with Crippen LogP contribution in [0.4, 0.5) is 0 Å². The number of hydrogen-bond donors (Lipinski definition) is 0. The fraction of sp³-hybridized carbons (Fsp3) is 0.429. The Hall–Kier alpha value is -2.16. The van der Waals surface area contributed by atoms with Crippen molar-refractivity contribution >= 4 is 17.8 Å². The third kappa shape index (κ3) is 5.19. The summed E-state index contributed by atoms with van der Waals surface area (Å²) in [7, 11) is 0. The molecule has 0 bridgehead atoms. The van der Waals surface area contributed by atoms with Crippen molar-refractivity contribution in [2.24, 2.45) is 4.99 Å². The molecule has 24 heavy (non-hydrogen) atoms. The van der Waals surface area contributed by atoms with Gasteiger partial charge in [0.2, 0.25) is 0 Å². The highest BCUT2D eigenvalue weighted by atomic mass is 16.2. The summed E-state index contributed by atoms with van der Waals surface area (Å²) in [5.41, 5.74) is 1.04. The molecule has 1 saturated carbocycles. The summed E-state index contributed by atoms with van der Waals surface area (Å²) in [4.78, 5) is 19.4. The SMILES string of the molecule is C/C=C\C(=NCC)N(C(=O)/C=C/c1ccccc1)C1CCCCC1. The highest BCUT2D eigenvalue weighted by Gasteiger charge is 2.26. The summed E-state index contributed by atoms with van der Waals surface area (Å²) in [6.07, 6.45) is 13.2. The van der Waals surface area contributed by atoms with Gasteiger partial charge in [-0.15, -0.1) is 0 Å². The van der Waals surface area contributed by atoms with Gasteiger partial charge >= 0.3 is 0 Å². The molecule has 0 spiro atoms. The molecule has 3 heteroatoms. The zero-order chi connectivity index (χ0) is 17.2. The second kappa shape index (κ2) is 9.86. The minimum Gasteiger partial charge on any atom is -0.290 e. The van der Waals surface area contributed by atoms with Crippen molar-refractivity contribution in [2.45, 2.75) is 52.0 Å². The summed E-state index contributed by atoms with van der Waals surface area (Å²) in [5.74, 6) is 0.811. The molecular formula is C21H28N2O. The van der Waals surface area contributed by atoms with E-state index in [1.165, 1.54) is 19.3 Å². The van der Waals surface area contributed by atoms with Crippen molar-refractivity contribution in [3.63, 3.8) is 0 Å². The lowest BCUT2D eigenvalue weighted by Gasteiger charge is -2.33. The summed E-state index contributed by atoms with van der Waals surface area (Å²) >= 11 is 0. The van der Waals surface area contributed by atoms with Crippen LogP contribution in [0.5, 0.6) is 0 Å². The van der Waals surface area contributed by atoms with Crippen LogP contribution in [0, 0.1) is 0 Å². The molecule has 0 radical (unpaired) electrons. The van der Waals surface area contributed by atoms with E-state index in [0.29, 0.717) is 6.54 Å². The molecule has 0 atom stereocenters. The highest BCUT2D eigenvalue weighted by molar-refractivity contribution is 6.09. The van der Waals surface area contributed by atoms with Crippen LogP contribution in [-0.4, -0.2) is 29.2 Å². The normalized spacial score (nSPS) is 16.8. The lowest BCUT2D eigenvalue weighted by molar-refractivity contribution is -0.124. The minimum absolute atomic E-state index is 0.0241. The van der Waals surface area contributed by atoms with Crippen molar-refractivity contribution in [1.29, 1.82) is 0 Å². The molecule has 1 aliphatic rings. The van der Waals surface area contributed by atoms with Crippen LogP contribution < -0.4 is 0 Å². The molecule has 0 aliphatic heterocycles. The van der Waals surface area contributed by atoms with Crippen molar-refractivity contribution in [2.75, 3.05) is 6.54 Å². The fourth-order valence-electron chi connectivity index (χ4n) is 3.15. The Kier molecular flexibility index (Phi) is 7.47. The first kappa shape index (κ1) is 18.2. The summed E-state index contributed by atoms with van der Waals surface area (Å²) < 4.78 is 0. The number of amidine groups is 1. The van der Waals surface area contributed by atoms with Crippen LogP contribution in [-0.2, 0) is 4.79 Å². The standard InChI is InChI=1S/C21H28N2O/c1-3-11-20(22-4-2)23(19-14-9-6-10-15-19)21(24)17-16-18-12-7-5-8-13-18/h3,5,7-8,11-13,16-17,19H,4,6,9-10,14-15H2,1-2H3/b11-3-,17-16+,22-20?. The molecule has 1 amide bonds. The van der Waals surface area contributed by atoms with E-state index in [4.69, 9.17) is 0 Å². The van der Waals surface area contributed by atoms with E-state index < -0.39 is 0 Å². The number of carbonyl (C=O) groups is 1. The Balaban J connectivity index is 2.24. The lowest BCUT2D eigenvalue weighted by atomic mass is 9.94. The van der Waals surface area contributed by atoms with E-state index in [9.17, 15) is 4.79 Å². The Morgan fingerprint density at radius 1 is 1.17 bits per heavy atom. The van der Waals surface area contributed by atoms with E-state index >= 15 is 0 Å². The number of hydrogen-bond acceptors (Lipinski definition) is 2. The fourth-order valence-corrected chi connectivity index (χ4v) is 3.15. The Morgan fingerprint density at radius 2 is 1.88 bits per heavy atom. The monoisotopic (exact) mass is 324 g/mol. The molecular weight excluding hydrogens is 296 g/mol. The van der Waals surface area contributed by atoms with E-state index in [2.05, 4.69) is 4.99 Å². The number of amides is 1. The Morgan fingerprint density at radius 3 is 2.50 bits per heavy atom. The van der Waals surface area contributed by atoms with Gasteiger partial charge in [-0.2, -0.15) is 0 Å². The van der Waals surface area contributed by atoms with Gasteiger partial charge in [0.1, 0.15) is 5.84 Å². The van der Waals surface area contributed by atoms with Crippen LogP contribution in [0.3, 0.4) is 0 Å². The molecule has 1 fully saturated rings. The number of benzene rings is 1. The van der Waals surface area contributed by atoms with E-state index in [1.54, 1.807) is 6.08 Å². The third-order valence-corrected chi connectivity index (χ3v) is 4.28. The second-order valence-electron chi connectivity index (χ2n) is 6.08. The van der Waals surface area contributed by atoms with Crippen molar-refractivity contribution in [3.05, 3.63) is 54.1 Å². The first-order valence-corrected chi connectivity index (χ1v) is 8.99. The maximum atomic E-state index is 12.9. The Bertz CT molecular complexity index is 596. The quantitative estimate of drug-likeness (QED) is 0.433. The molecule has 128 valence electrons. The topological polar surface area (TPSA) is 32.7 Å². The molecule has 0 N–H and O–H groups in total. The molecule has 0 unspecified atom stereocenters.